The molecule has 0 unspecified atom stereocenters. The Morgan fingerprint density at radius 1 is 1.40 bits per heavy atom. The van der Waals surface area contributed by atoms with Crippen molar-refractivity contribution in [1.29, 1.82) is 0 Å². The van der Waals surface area contributed by atoms with E-state index < -0.39 is 0 Å². The van der Waals surface area contributed by atoms with Gasteiger partial charge in [-0.05, 0) is 32.9 Å². The van der Waals surface area contributed by atoms with Crippen molar-refractivity contribution in [2.75, 3.05) is 0 Å². The summed E-state index contributed by atoms with van der Waals surface area (Å²) in [6, 6.07) is 5.28. The molecule has 20 heavy (non-hydrogen) atoms. The predicted octanol–water partition coefficient (Wildman–Crippen LogP) is 3.02. The van der Waals surface area contributed by atoms with Crippen LogP contribution in [0.5, 0.6) is 0 Å². The van der Waals surface area contributed by atoms with Crippen molar-refractivity contribution in [1.82, 2.24) is 9.88 Å². The van der Waals surface area contributed by atoms with Gasteiger partial charge in [0.25, 0.3) is 0 Å². The first-order valence-corrected chi connectivity index (χ1v) is 6.72. The summed E-state index contributed by atoms with van der Waals surface area (Å²) >= 11 is 5.98. The molecule has 0 saturated heterocycles. The maximum absolute atomic E-state index is 12.0. The zero-order valence-electron chi connectivity index (χ0n) is 11.7. The van der Waals surface area contributed by atoms with Crippen LogP contribution < -0.4 is 5.32 Å². The van der Waals surface area contributed by atoms with Gasteiger partial charge in [0.2, 0.25) is 5.91 Å². The monoisotopic (exact) mass is 292 g/mol. The van der Waals surface area contributed by atoms with Crippen LogP contribution in [-0.4, -0.2) is 22.3 Å². The predicted molar refractivity (Wildman–Crippen MR) is 80.2 cm³/mol. The Bertz CT molecular complexity index is 668. The van der Waals surface area contributed by atoms with Crippen molar-refractivity contribution in [2.24, 2.45) is 0 Å². The Morgan fingerprint density at radius 2 is 2.10 bits per heavy atom. The Hall–Kier alpha value is -1.81. The molecule has 0 bridgehead atoms. The summed E-state index contributed by atoms with van der Waals surface area (Å²) in [7, 11) is 0. The second-order valence-electron chi connectivity index (χ2n) is 5.79. The molecule has 0 aliphatic heterocycles. The minimum absolute atomic E-state index is 0.105. The lowest BCUT2D eigenvalue weighted by atomic mass is 10.1. The number of benzene rings is 1. The molecule has 4 nitrogen and oxygen atoms in total. The van der Waals surface area contributed by atoms with Gasteiger partial charge in [0, 0.05) is 27.7 Å². The highest BCUT2D eigenvalue weighted by molar-refractivity contribution is 6.31. The van der Waals surface area contributed by atoms with E-state index >= 15 is 0 Å². The zero-order chi connectivity index (χ0) is 14.9. The third-order valence-electron chi connectivity index (χ3n) is 2.83. The molecule has 0 fully saturated rings. The van der Waals surface area contributed by atoms with Crippen LogP contribution in [0.4, 0.5) is 0 Å². The number of nitrogens with zero attached hydrogens (tertiary/aromatic N) is 1. The molecule has 2 rings (SSSR count). The zero-order valence-corrected chi connectivity index (χ0v) is 12.5. The summed E-state index contributed by atoms with van der Waals surface area (Å²) in [5.41, 5.74) is 1.05. The minimum Gasteiger partial charge on any atom is -0.350 e. The molecule has 0 spiro atoms. The third-order valence-corrected chi connectivity index (χ3v) is 3.07. The fourth-order valence-electron chi connectivity index (χ4n) is 2.13. The van der Waals surface area contributed by atoms with Crippen molar-refractivity contribution in [2.45, 2.75) is 32.9 Å². The number of nitrogens with one attached hydrogen (secondary N) is 1. The van der Waals surface area contributed by atoms with E-state index in [2.05, 4.69) is 5.32 Å². The molecular formula is C15H17ClN2O2. The molecule has 1 aromatic heterocycles. The van der Waals surface area contributed by atoms with Crippen LogP contribution in [-0.2, 0) is 11.3 Å². The number of carbonyl (C=O) groups excluding carboxylic acids is 2. The first kappa shape index (κ1) is 14.6. The fraction of sp³-hybridized carbons (Fsp3) is 0.333. The van der Waals surface area contributed by atoms with Crippen LogP contribution in [0.25, 0.3) is 10.9 Å². The van der Waals surface area contributed by atoms with Gasteiger partial charge in [0.1, 0.15) is 6.54 Å². The minimum atomic E-state index is -0.287. The first-order valence-electron chi connectivity index (χ1n) is 6.35. The highest BCUT2D eigenvalue weighted by Crippen LogP contribution is 2.23. The average molecular weight is 293 g/mol. The van der Waals surface area contributed by atoms with Gasteiger partial charge < -0.3 is 9.88 Å². The Morgan fingerprint density at radius 3 is 2.70 bits per heavy atom. The number of hydrogen-bond donors (Lipinski definition) is 1. The van der Waals surface area contributed by atoms with E-state index in [9.17, 15) is 9.59 Å². The Kier molecular flexibility index (Phi) is 3.86. The van der Waals surface area contributed by atoms with E-state index in [1.54, 1.807) is 29.0 Å². The number of rotatable bonds is 3. The lowest BCUT2D eigenvalue weighted by Gasteiger charge is -2.20. The van der Waals surface area contributed by atoms with Crippen molar-refractivity contribution >= 4 is 34.7 Å². The molecule has 0 aliphatic carbocycles. The lowest BCUT2D eigenvalue weighted by molar-refractivity contribution is -0.123. The first-order chi connectivity index (χ1) is 9.30. The molecule has 0 radical (unpaired) electrons. The van der Waals surface area contributed by atoms with Crippen LogP contribution in [0, 0.1) is 0 Å². The molecule has 5 heteroatoms. The molecule has 0 atom stereocenters. The van der Waals surface area contributed by atoms with Gasteiger partial charge in [-0.25, -0.2) is 0 Å². The Labute approximate surface area is 122 Å². The summed E-state index contributed by atoms with van der Waals surface area (Å²) < 4.78 is 1.74. The van der Waals surface area contributed by atoms with Gasteiger partial charge in [0.05, 0.1) is 5.52 Å². The van der Waals surface area contributed by atoms with E-state index in [1.165, 1.54) is 0 Å². The number of fused-ring (bicyclic) bond motifs is 1. The molecule has 2 aromatic rings. The molecular weight excluding hydrogens is 276 g/mol. The highest BCUT2D eigenvalue weighted by atomic mass is 35.5. The summed E-state index contributed by atoms with van der Waals surface area (Å²) in [6.45, 7) is 5.92. The van der Waals surface area contributed by atoms with E-state index in [-0.39, 0.29) is 18.0 Å². The van der Waals surface area contributed by atoms with Crippen LogP contribution in [0.1, 0.15) is 31.1 Å². The van der Waals surface area contributed by atoms with Crippen molar-refractivity contribution in [3.63, 3.8) is 0 Å². The van der Waals surface area contributed by atoms with Gasteiger partial charge in [-0.2, -0.15) is 0 Å². The number of amides is 1. The second-order valence-corrected chi connectivity index (χ2v) is 6.23. The van der Waals surface area contributed by atoms with Gasteiger partial charge >= 0.3 is 0 Å². The molecule has 1 heterocycles. The van der Waals surface area contributed by atoms with Crippen molar-refractivity contribution < 1.29 is 9.59 Å². The number of carbonyl (C=O) groups is 2. The van der Waals surface area contributed by atoms with Crippen LogP contribution in [0.15, 0.2) is 24.4 Å². The summed E-state index contributed by atoms with van der Waals surface area (Å²) in [5, 5.41) is 4.27. The van der Waals surface area contributed by atoms with Crippen LogP contribution in [0.3, 0.4) is 0 Å². The molecule has 1 N–H and O–H groups in total. The Balaban J connectivity index is 2.37. The van der Waals surface area contributed by atoms with E-state index in [0.29, 0.717) is 10.6 Å². The van der Waals surface area contributed by atoms with E-state index in [4.69, 9.17) is 11.6 Å². The van der Waals surface area contributed by atoms with Gasteiger partial charge in [-0.3, -0.25) is 9.59 Å². The van der Waals surface area contributed by atoms with Gasteiger partial charge in [-0.1, -0.05) is 17.7 Å². The molecule has 106 valence electrons. The highest BCUT2D eigenvalue weighted by Gasteiger charge is 2.16. The molecule has 1 amide bonds. The van der Waals surface area contributed by atoms with Crippen molar-refractivity contribution in [3.8, 4) is 0 Å². The average Bonchev–Trinajstić information content (AvgIpc) is 2.64. The van der Waals surface area contributed by atoms with E-state index in [0.717, 1.165) is 17.2 Å². The summed E-state index contributed by atoms with van der Waals surface area (Å²) in [4.78, 5) is 23.1. The second kappa shape index (κ2) is 5.29. The normalized spacial score (nSPS) is 11.6. The van der Waals surface area contributed by atoms with Gasteiger partial charge in [-0.15, -0.1) is 0 Å². The molecule has 0 aliphatic rings. The maximum Gasteiger partial charge on any atom is 0.240 e. The lowest BCUT2D eigenvalue weighted by Crippen LogP contribution is -2.42. The summed E-state index contributed by atoms with van der Waals surface area (Å²) in [5.74, 6) is -0.105. The maximum atomic E-state index is 12.0. The SMILES string of the molecule is CC(C)(C)NC(=O)Cn1cc(C=O)c2ccc(Cl)cc21. The van der Waals surface area contributed by atoms with E-state index in [1.807, 2.05) is 20.8 Å². The smallest absolute Gasteiger partial charge is 0.240 e. The van der Waals surface area contributed by atoms with Gasteiger partial charge in [0.15, 0.2) is 6.29 Å². The van der Waals surface area contributed by atoms with Crippen LogP contribution in [0.2, 0.25) is 5.02 Å². The standard InChI is InChI=1S/C15H17ClN2O2/c1-15(2,3)17-14(20)8-18-7-10(9-19)12-5-4-11(16)6-13(12)18/h4-7,9H,8H2,1-3H3,(H,17,20). The molecule has 1 aromatic carbocycles. The number of hydrogen-bond acceptors (Lipinski definition) is 2. The third kappa shape index (κ3) is 3.20. The van der Waals surface area contributed by atoms with Crippen molar-refractivity contribution in [3.05, 3.63) is 35.0 Å². The quantitative estimate of drug-likeness (QED) is 0.884. The fourth-order valence-corrected chi connectivity index (χ4v) is 2.30. The number of aldehydes is 1. The van der Waals surface area contributed by atoms with Crippen LogP contribution >= 0.6 is 11.6 Å². The largest absolute Gasteiger partial charge is 0.350 e. The summed E-state index contributed by atoms with van der Waals surface area (Å²) in [6.07, 6.45) is 2.46. The molecule has 0 saturated carbocycles. The topological polar surface area (TPSA) is 51.1 Å². The number of halogens is 1. The number of aromatic nitrogens is 1.